The summed E-state index contributed by atoms with van der Waals surface area (Å²) < 4.78 is 14.1. The molecule has 1 aliphatic carbocycles. The van der Waals surface area contributed by atoms with Gasteiger partial charge in [-0.2, -0.15) is 0 Å². The Morgan fingerprint density at radius 3 is 1.24 bits per heavy atom. The summed E-state index contributed by atoms with van der Waals surface area (Å²) in [4.78, 5) is 0. The van der Waals surface area contributed by atoms with E-state index in [1.54, 1.807) is 24.3 Å². The minimum absolute atomic E-state index is 0.0879. The molecule has 2 aliphatic rings. The van der Waals surface area contributed by atoms with Crippen molar-refractivity contribution < 1.29 is 19.7 Å². The number of hydrogen-bond acceptors (Lipinski definition) is 4. The van der Waals surface area contributed by atoms with Crippen molar-refractivity contribution in [3.8, 4) is 11.5 Å². The summed E-state index contributed by atoms with van der Waals surface area (Å²) in [6.45, 7) is 0. The van der Waals surface area contributed by atoms with E-state index >= 15 is 0 Å². The third-order valence-corrected chi connectivity index (χ3v) is 7.87. The van der Waals surface area contributed by atoms with Gasteiger partial charge < -0.3 is 19.7 Å². The first-order valence-electron chi connectivity index (χ1n) is 13.2. The molecule has 2 fully saturated rings. The zero-order chi connectivity index (χ0) is 25.2. The van der Waals surface area contributed by atoms with Gasteiger partial charge in [-0.3, -0.25) is 0 Å². The molecule has 0 unspecified atom stereocenters. The van der Waals surface area contributed by atoms with Crippen molar-refractivity contribution in [2.45, 2.75) is 55.5 Å². The highest BCUT2D eigenvalue weighted by molar-refractivity contribution is 5.41. The van der Waals surface area contributed by atoms with Crippen LogP contribution in [0.25, 0.3) is 0 Å². The lowest BCUT2D eigenvalue weighted by molar-refractivity contribution is -0.171. The molecule has 4 atom stereocenters. The maximum absolute atomic E-state index is 10.0. The maximum atomic E-state index is 10.0. The van der Waals surface area contributed by atoms with Crippen molar-refractivity contribution in [3.63, 3.8) is 0 Å². The Morgan fingerprint density at radius 2 is 0.865 bits per heavy atom. The average Bonchev–Trinajstić information content (AvgIpc) is 3.54. The van der Waals surface area contributed by atoms with Gasteiger partial charge in [-0.05, 0) is 59.4 Å². The maximum Gasteiger partial charge on any atom is 0.169 e. The molecule has 4 aromatic rings. The Bertz CT molecular complexity index is 1200. The van der Waals surface area contributed by atoms with Crippen molar-refractivity contribution in [1.29, 1.82) is 0 Å². The van der Waals surface area contributed by atoms with Gasteiger partial charge in [-0.15, -0.1) is 0 Å². The highest BCUT2D eigenvalue weighted by Crippen LogP contribution is 2.51. The van der Waals surface area contributed by atoms with Gasteiger partial charge in [-0.1, -0.05) is 84.9 Å². The predicted octanol–water partition coefficient (Wildman–Crippen LogP) is 7.12. The van der Waals surface area contributed by atoms with Gasteiger partial charge in [0.1, 0.15) is 11.5 Å². The van der Waals surface area contributed by atoms with E-state index in [1.807, 2.05) is 36.4 Å². The summed E-state index contributed by atoms with van der Waals surface area (Å²) in [7, 11) is 0. The molecule has 188 valence electrons. The van der Waals surface area contributed by atoms with Gasteiger partial charge in [0.15, 0.2) is 5.79 Å². The topological polar surface area (TPSA) is 58.9 Å². The van der Waals surface area contributed by atoms with E-state index in [-0.39, 0.29) is 35.5 Å². The van der Waals surface area contributed by atoms with E-state index in [1.165, 1.54) is 0 Å². The zero-order valence-corrected chi connectivity index (χ0v) is 20.7. The lowest BCUT2D eigenvalue weighted by Crippen LogP contribution is -2.35. The van der Waals surface area contributed by atoms with E-state index in [0.29, 0.717) is 0 Å². The second kappa shape index (κ2) is 10.0. The normalized spacial score (nSPS) is 22.2. The van der Waals surface area contributed by atoms with Crippen LogP contribution in [0.1, 0.15) is 59.8 Å². The summed E-state index contributed by atoms with van der Waals surface area (Å²) in [5.41, 5.74) is 4.46. The van der Waals surface area contributed by atoms with Crippen LogP contribution >= 0.6 is 0 Å². The molecule has 1 saturated heterocycles. The molecule has 1 heterocycles. The number of rotatable bonds is 6. The lowest BCUT2D eigenvalue weighted by Gasteiger charge is -2.32. The summed E-state index contributed by atoms with van der Waals surface area (Å²) in [5, 5.41) is 20.1. The first-order chi connectivity index (χ1) is 18.1. The number of benzene rings is 4. The van der Waals surface area contributed by atoms with Crippen LogP contribution in [0.4, 0.5) is 0 Å². The molecular formula is C33H32O4. The van der Waals surface area contributed by atoms with Gasteiger partial charge in [-0.25, -0.2) is 0 Å². The fourth-order valence-corrected chi connectivity index (χ4v) is 6.15. The van der Waals surface area contributed by atoms with Crippen molar-refractivity contribution in [2.75, 3.05) is 0 Å². The Balaban J connectivity index is 1.51. The molecule has 1 spiro atoms. The van der Waals surface area contributed by atoms with Crippen LogP contribution in [-0.4, -0.2) is 28.2 Å². The number of phenolic OH excluding ortho intramolecular Hbond substituents is 2. The van der Waals surface area contributed by atoms with Gasteiger partial charge in [0.2, 0.25) is 0 Å². The van der Waals surface area contributed by atoms with E-state index in [4.69, 9.17) is 9.47 Å². The largest absolute Gasteiger partial charge is 0.508 e. The van der Waals surface area contributed by atoms with E-state index in [0.717, 1.165) is 47.9 Å². The first-order valence-corrected chi connectivity index (χ1v) is 13.2. The van der Waals surface area contributed by atoms with Gasteiger partial charge in [0, 0.05) is 24.7 Å². The monoisotopic (exact) mass is 492 g/mol. The predicted molar refractivity (Wildman–Crippen MR) is 144 cm³/mol. The Morgan fingerprint density at radius 1 is 0.514 bits per heavy atom. The third kappa shape index (κ3) is 4.75. The van der Waals surface area contributed by atoms with Crippen LogP contribution in [0.2, 0.25) is 0 Å². The third-order valence-electron chi connectivity index (χ3n) is 7.87. The smallest absolute Gasteiger partial charge is 0.169 e. The van der Waals surface area contributed by atoms with Crippen LogP contribution in [0.5, 0.6) is 11.5 Å². The highest BCUT2D eigenvalue weighted by atomic mass is 16.8. The van der Waals surface area contributed by atoms with E-state index in [9.17, 15) is 10.2 Å². The Labute approximate surface area is 218 Å². The second-order valence-corrected chi connectivity index (χ2v) is 10.2. The van der Waals surface area contributed by atoms with Crippen LogP contribution in [0.3, 0.4) is 0 Å². The molecule has 0 aromatic heterocycles. The molecule has 2 N–H and O–H groups in total. The quantitative estimate of drug-likeness (QED) is 0.301. The van der Waals surface area contributed by atoms with E-state index in [2.05, 4.69) is 48.5 Å². The standard InChI is InChI=1S/C33H32O4/c34-27-17-13-25(14-18-27)29(23-9-3-1-4-10-23)31-32(37-33(36-31)21-7-8-22-33)30(24-11-5-2-6-12-24)26-15-19-28(35)20-16-26/h1-6,9-20,29-32,34-35H,7-8,21-22H2/t29-,30-,31-,32-/m1/s1. The summed E-state index contributed by atoms with van der Waals surface area (Å²) in [6, 6.07) is 35.9. The number of ether oxygens (including phenoxy) is 2. The van der Waals surface area contributed by atoms with Gasteiger partial charge >= 0.3 is 0 Å². The molecule has 0 bridgehead atoms. The molecule has 1 aliphatic heterocycles. The van der Waals surface area contributed by atoms with Gasteiger partial charge in [0.25, 0.3) is 0 Å². The molecular weight excluding hydrogens is 460 g/mol. The van der Waals surface area contributed by atoms with Crippen LogP contribution in [0.15, 0.2) is 109 Å². The van der Waals surface area contributed by atoms with Crippen molar-refractivity contribution in [2.24, 2.45) is 0 Å². The molecule has 1 saturated carbocycles. The zero-order valence-electron chi connectivity index (χ0n) is 20.7. The average molecular weight is 493 g/mol. The summed E-state index contributed by atoms with van der Waals surface area (Å²) in [6.07, 6.45) is 3.42. The first kappa shape index (κ1) is 23.8. The number of hydrogen-bond donors (Lipinski definition) is 2. The molecule has 4 aromatic carbocycles. The molecule has 0 radical (unpaired) electrons. The van der Waals surface area contributed by atoms with Crippen molar-refractivity contribution >= 4 is 0 Å². The SMILES string of the molecule is Oc1ccc([C@@H](c2ccccc2)[C@H]2OC3(CCCC3)O[C@@H]2[C@H](c2ccccc2)c2ccc(O)cc2)cc1. The minimum Gasteiger partial charge on any atom is -0.508 e. The van der Waals surface area contributed by atoms with Crippen LogP contribution in [-0.2, 0) is 9.47 Å². The van der Waals surface area contributed by atoms with Crippen LogP contribution < -0.4 is 0 Å². The molecule has 4 heteroatoms. The minimum atomic E-state index is -0.594. The van der Waals surface area contributed by atoms with Crippen molar-refractivity contribution in [1.82, 2.24) is 0 Å². The van der Waals surface area contributed by atoms with Crippen molar-refractivity contribution in [3.05, 3.63) is 131 Å². The lowest BCUT2D eigenvalue weighted by atomic mass is 9.77. The number of aromatic hydroxyl groups is 2. The van der Waals surface area contributed by atoms with Gasteiger partial charge in [0.05, 0.1) is 12.2 Å². The molecule has 0 amide bonds. The fraction of sp³-hybridized carbons (Fsp3) is 0.273. The fourth-order valence-electron chi connectivity index (χ4n) is 6.15. The van der Waals surface area contributed by atoms with E-state index < -0.39 is 5.79 Å². The molecule has 4 nitrogen and oxygen atoms in total. The van der Waals surface area contributed by atoms with Crippen LogP contribution in [0, 0.1) is 0 Å². The number of phenols is 2. The summed E-state index contributed by atoms with van der Waals surface area (Å²) in [5.74, 6) is -0.280. The Kier molecular flexibility index (Phi) is 6.45. The molecule has 6 rings (SSSR count). The highest BCUT2D eigenvalue weighted by Gasteiger charge is 2.54. The Hall–Kier alpha value is -3.60. The summed E-state index contributed by atoms with van der Waals surface area (Å²) >= 11 is 0. The second-order valence-electron chi connectivity index (χ2n) is 10.2. The molecule has 37 heavy (non-hydrogen) atoms.